The van der Waals surface area contributed by atoms with E-state index in [4.69, 9.17) is 10.2 Å². The summed E-state index contributed by atoms with van der Waals surface area (Å²) >= 11 is 0. The van der Waals surface area contributed by atoms with Crippen LogP contribution in [0.1, 0.15) is 22.6 Å². The zero-order valence-corrected chi connectivity index (χ0v) is 9.66. The fraction of sp³-hybridized carbons (Fsp3) is 0.308. The highest BCUT2D eigenvalue weighted by atomic mass is 16.4. The van der Waals surface area contributed by atoms with E-state index in [-0.39, 0.29) is 6.01 Å². The van der Waals surface area contributed by atoms with Crippen LogP contribution < -0.4 is 5.73 Å². The summed E-state index contributed by atoms with van der Waals surface area (Å²) in [6, 6.07) is 8.75. The Morgan fingerprint density at radius 2 is 2.06 bits per heavy atom. The van der Waals surface area contributed by atoms with Gasteiger partial charge in [-0.2, -0.15) is 4.98 Å². The summed E-state index contributed by atoms with van der Waals surface area (Å²) in [4.78, 5) is 4.05. The number of nitrogen functional groups attached to an aromatic ring is 1. The van der Waals surface area contributed by atoms with Gasteiger partial charge < -0.3 is 10.2 Å². The highest BCUT2D eigenvalue weighted by molar-refractivity contribution is 5.24. The van der Waals surface area contributed by atoms with Crippen LogP contribution in [-0.2, 0) is 12.8 Å². The molecule has 0 amide bonds. The SMILES string of the molecule is Cc1cccc(CCc2oc(N)nc2C)c1. The quantitative estimate of drug-likeness (QED) is 0.858. The Morgan fingerprint density at radius 1 is 1.25 bits per heavy atom. The van der Waals surface area contributed by atoms with Gasteiger partial charge in [-0.25, -0.2) is 0 Å². The van der Waals surface area contributed by atoms with Gasteiger partial charge in [-0.3, -0.25) is 0 Å². The molecule has 2 aromatic rings. The molecule has 0 bridgehead atoms. The second-order valence-corrected chi connectivity index (χ2v) is 4.05. The van der Waals surface area contributed by atoms with E-state index in [1.807, 2.05) is 6.92 Å². The molecule has 0 radical (unpaired) electrons. The highest BCUT2D eigenvalue weighted by Crippen LogP contribution is 2.15. The lowest BCUT2D eigenvalue weighted by Gasteiger charge is -2.01. The first-order valence-corrected chi connectivity index (χ1v) is 5.42. The van der Waals surface area contributed by atoms with E-state index in [0.717, 1.165) is 24.3 Å². The van der Waals surface area contributed by atoms with Crippen LogP contribution in [0.4, 0.5) is 6.01 Å². The first-order chi connectivity index (χ1) is 7.65. The van der Waals surface area contributed by atoms with Crippen molar-refractivity contribution in [3.05, 3.63) is 46.8 Å². The molecule has 1 heterocycles. The smallest absolute Gasteiger partial charge is 0.292 e. The largest absolute Gasteiger partial charge is 0.429 e. The molecule has 3 nitrogen and oxygen atoms in total. The molecule has 16 heavy (non-hydrogen) atoms. The van der Waals surface area contributed by atoms with Crippen molar-refractivity contribution in [3.8, 4) is 0 Å². The molecule has 0 unspecified atom stereocenters. The molecule has 0 saturated carbocycles. The molecule has 1 aromatic carbocycles. The van der Waals surface area contributed by atoms with Gasteiger partial charge in [0.2, 0.25) is 0 Å². The zero-order chi connectivity index (χ0) is 11.5. The van der Waals surface area contributed by atoms with Gasteiger partial charge in [0, 0.05) is 6.42 Å². The second-order valence-electron chi connectivity index (χ2n) is 4.05. The molecule has 3 heteroatoms. The third-order valence-electron chi connectivity index (χ3n) is 2.63. The topological polar surface area (TPSA) is 52.0 Å². The maximum atomic E-state index is 5.49. The maximum Gasteiger partial charge on any atom is 0.292 e. The Balaban J connectivity index is 2.05. The van der Waals surface area contributed by atoms with Crippen molar-refractivity contribution in [1.29, 1.82) is 0 Å². The van der Waals surface area contributed by atoms with Crippen LogP contribution >= 0.6 is 0 Å². The van der Waals surface area contributed by atoms with Gasteiger partial charge in [0.1, 0.15) is 5.76 Å². The average molecular weight is 216 g/mol. The third kappa shape index (κ3) is 2.42. The van der Waals surface area contributed by atoms with Crippen molar-refractivity contribution in [2.45, 2.75) is 26.7 Å². The van der Waals surface area contributed by atoms with Gasteiger partial charge in [-0.1, -0.05) is 29.8 Å². The fourth-order valence-electron chi connectivity index (χ4n) is 1.81. The van der Waals surface area contributed by atoms with Crippen molar-refractivity contribution < 1.29 is 4.42 Å². The predicted octanol–water partition coefficient (Wildman–Crippen LogP) is 2.66. The number of hydrogen-bond acceptors (Lipinski definition) is 3. The molecule has 0 atom stereocenters. The molecule has 84 valence electrons. The Hall–Kier alpha value is -1.77. The third-order valence-corrected chi connectivity index (χ3v) is 2.63. The van der Waals surface area contributed by atoms with Crippen molar-refractivity contribution in [1.82, 2.24) is 4.98 Å². The van der Waals surface area contributed by atoms with E-state index in [9.17, 15) is 0 Å². The van der Waals surface area contributed by atoms with Gasteiger partial charge in [0.25, 0.3) is 6.01 Å². The van der Waals surface area contributed by atoms with Crippen LogP contribution in [0.15, 0.2) is 28.7 Å². The minimum atomic E-state index is 0.261. The number of oxazole rings is 1. The first-order valence-electron chi connectivity index (χ1n) is 5.42. The van der Waals surface area contributed by atoms with Crippen LogP contribution in [0.5, 0.6) is 0 Å². The average Bonchev–Trinajstić information content (AvgIpc) is 2.54. The van der Waals surface area contributed by atoms with Crippen LogP contribution in [0.2, 0.25) is 0 Å². The van der Waals surface area contributed by atoms with Crippen LogP contribution in [-0.4, -0.2) is 4.98 Å². The van der Waals surface area contributed by atoms with Crippen molar-refractivity contribution in [2.24, 2.45) is 0 Å². The first kappa shape index (κ1) is 10.7. The lowest BCUT2D eigenvalue weighted by atomic mass is 10.1. The number of rotatable bonds is 3. The summed E-state index contributed by atoms with van der Waals surface area (Å²) in [6.07, 6.45) is 1.80. The number of aromatic nitrogens is 1. The summed E-state index contributed by atoms with van der Waals surface area (Å²) in [5.74, 6) is 0.888. The van der Waals surface area contributed by atoms with Crippen LogP contribution in [0.3, 0.4) is 0 Å². The number of benzene rings is 1. The summed E-state index contributed by atoms with van der Waals surface area (Å²) < 4.78 is 5.33. The lowest BCUT2D eigenvalue weighted by molar-refractivity contribution is 0.519. The number of aryl methyl sites for hydroxylation is 4. The zero-order valence-electron chi connectivity index (χ0n) is 9.66. The second kappa shape index (κ2) is 4.39. The Labute approximate surface area is 95.3 Å². The molecule has 0 aliphatic heterocycles. The van der Waals surface area contributed by atoms with Crippen LogP contribution in [0, 0.1) is 13.8 Å². The molecule has 1 aromatic heterocycles. The van der Waals surface area contributed by atoms with Gasteiger partial charge in [-0.05, 0) is 25.8 Å². The molecule has 2 rings (SSSR count). The van der Waals surface area contributed by atoms with Crippen molar-refractivity contribution in [3.63, 3.8) is 0 Å². The predicted molar refractivity (Wildman–Crippen MR) is 64.2 cm³/mol. The maximum absolute atomic E-state index is 5.49. The Morgan fingerprint density at radius 3 is 2.69 bits per heavy atom. The lowest BCUT2D eigenvalue weighted by Crippen LogP contribution is -1.92. The van der Waals surface area contributed by atoms with Gasteiger partial charge in [0.15, 0.2) is 0 Å². The summed E-state index contributed by atoms with van der Waals surface area (Å²) in [5.41, 5.74) is 8.99. The molecule has 0 fully saturated rings. The molecule has 0 spiro atoms. The van der Waals surface area contributed by atoms with E-state index in [2.05, 4.69) is 36.2 Å². The highest BCUT2D eigenvalue weighted by Gasteiger charge is 2.07. The molecular formula is C13H16N2O. The molecular weight excluding hydrogens is 200 g/mol. The minimum Gasteiger partial charge on any atom is -0.429 e. The fourth-order valence-corrected chi connectivity index (χ4v) is 1.81. The van der Waals surface area contributed by atoms with E-state index < -0.39 is 0 Å². The van der Waals surface area contributed by atoms with E-state index in [0.29, 0.717) is 0 Å². The molecule has 2 N–H and O–H groups in total. The summed E-state index contributed by atoms with van der Waals surface area (Å²) in [6.45, 7) is 4.02. The van der Waals surface area contributed by atoms with E-state index >= 15 is 0 Å². The Bertz CT molecular complexity index is 488. The minimum absolute atomic E-state index is 0.261. The standard InChI is InChI=1S/C13H16N2O/c1-9-4-3-5-11(8-9)6-7-12-10(2)15-13(14)16-12/h3-5,8H,6-7H2,1-2H3,(H2,14,15). The van der Waals surface area contributed by atoms with Gasteiger partial charge >= 0.3 is 0 Å². The normalized spacial score (nSPS) is 10.6. The summed E-state index contributed by atoms with van der Waals surface area (Å²) in [7, 11) is 0. The van der Waals surface area contributed by atoms with Crippen molar-refractivity contribution >= 4 is 6.01 Å². The Kier molecular flexibility index (Phi) is 2.95. The van der Waals surface area contributed by atoms with E-state index in [1.165, 1.54) is 11.1 Å². The van der Waals surface area contributed by atoms with Gasteiger partial charge in [0.05, 0.1) is 5.69 Å². The molecule has 0 saturated heterocycles. The van der Waals surface area contributed by atoms with Crippen molar-refractivity contribution in [2.75, 3.05) is 5.73 Å². The van der Waals surface area contributed by atoms with E-state index in [1.54, 1.807) is 0 Å². The van der Waals surface area contributed by atoms with Crippen LogP contribution in [0.25, 0.3) is 0 Å². The molecule has 0 aliphatic rings. The number of nitrogens with zero attached hydrogens (tertiary/aromatic N) is 1. The molecule has 0 aliphatic carbocycles. The monoisotopic (exact) mass is 216 g/mol. The number of hydrogen-bond donors (Lipinski definition) is 1. The number of anilines is 1. The number of nitrogens with two attached hydrogens (primary N) is 1. The van der Waals surface area contributed by atoms with Gasteiger partial charge in [-0.15, -0.1) is 0 Å². The summed E-state index contributed by atoms with van der Waals surface area (Å²) in [5, 5.41) is 0.